The summed E-state index contributed by atoms with van der Waals surface area (Å²) in [4.78, 5) is 22.9. The SMILES string of the molecule is COc1c(Br)cc(/C=C(/C#N)C(=O)Nc2cccc(C)c2)cc1[N+](=O)[O-]. The zero-order chi connectivity index (χ0) is 19.3. The van der Waals surface area contributed by atoms with Gasteiger partial charge in [-0.05, 0) is 58.3 Å². The number of methoxy groups -OCH3 is 1. The van der Waals surface area contributed by atoms with Gasteiger partial charge in [0.2, 0.25) is 5.75 Å². The Kier molecular flexibility index (Phi) is 6.09. The molecule has 2 rings (SSSR count). The van der Waals surface area contributed by atoms with Crippen LogP contribution in [0.2, 0.25) is 0 Å². The summed E-state index contributed by atoms with van der Waals surface area (Å²) in [5.74, 6) is -0.539. The van der Waals surface area contributed by atoms with Crippen molar-refractivity contribution < 1.29 is 14.5 Å². The third-order valence-corrected chi connectivity index (χ3v) is 3.99. The largest absolute Gasteiger partial charge is 0.489 e. The van der Waals surface area contributed by atoms with E-state index in [4.69, 9.17) is 4.74 Å². The van der Waals surface area contributed by atoms with Crippen molar-refractivity contribution in [2.45, 2.75) is 6.92 Å². The molecule has 0 fully saturated rings. The fraction of sp³-hybridized carbons (Fsp3) is 0.111. The molecule has 2 aromatic carbocycles. The van der Waals surface area contributed by atoms with Crippen molar-refractivity contribution in [2.75, 3.05) is 12.4 Å². The van der Waals surface area contributed by atoms with Gasteiger partial charge >= 0.3 is 5.69 Å². The van der Waals surface area contributed by atoms with Crippen LogP contribution in [-0.4, -0.2) is 17.9 Å². The minimum Gasteiger partial charge on any atom is -0.489 e. The lowest BCUT2D eigenvalue weighted by Crippen LogP contribution is -2.13. The van der Waals surface area contributed by atoms with Gasteiger partial charge in [-0.2, -0.15) is 5.26 Å². The van der Waals surface area contributed by atoms with Gasteiger partial charge in [0.05, 0.1) is 16.5 Å². The Balaban J connectivity index is 2.38. The molecule has 0 aromatic heterocycles. The van der Waals surface area contributed by atoms with Crippen LogP contribution in [0.1, 0.15) is 11.1 Å². The van der Waals surface area contributed by atoms with E-state index in [0.29, 0.717) is 15.7 Å². The number of nitrogens with zero attached hydrogens (tertiary/aromatic N) is 2. The second kappa shape index (κ2) is 8.27. The number of ether oxygens (including phenoxy) is 1. The standard InChI is InChI=1S/C18H14BrN3O4/c1-11-4-3-5-14(6-11)21-18(23)13(10-20)7-12-8-15(19)17(26-2)16(9-12)22(24)25/h3-9H,1-2H3,(H,21,23)/b13-7-. The molecule has 0 aliphatic carbocycles. The number of anilines is 1. The van der Waals surface area contributed by atoms with Crippen LogP contribution in [0.4, 0.5) is 11.4 Å². The lowest BCUT2D eigenvalue weighted by molar-refractivity contribution is -0.385. The van der Waals surface area contributed by atoms with E-state index in [1.54, 1.807) is 18.2 Å². The number of carbonyl (C=O) groups is 1. The Morgan fingerprint density at radius 2 is 2.12 bits per heavy atom. The molecule has 0 atom stereocenters. The molecular weight excluding hydrogens is 402 g/mol. The molecule has 0 bridgehead atoms. The Hall–Kier alpha value is -3.18. The zero-order valence-electron chi connectivity index (χ0n) is 13.9. The number of nitro benzene ring substituents is 1. The topological polar surface area (TPSA) is 105 Å². The van der Waals surface area contributed by atoms with Gasteiger partial charge in [-0.15, -0.1) is 0 Å². The molecule has 7 nitrogen and oxygen atoms in total. The normalized spacial score (nSPS) is 10.8. The molecule has 0 heterocycles. The number of aryl methyl sites for hydroxylation is 1. The number of nitro groups is 1. The predicted molar refractivity (Wildman–Crippen MR) is 101 cm³/mol. The lowest BCUT2D eigenvalue weighted by Gasteiger charge is -2.07. The zero-order valence-corrected chi connectivity index (χ0v) is 15.5. The summed E-state index contributed by atoms with van der Waals surface area (Å²) < 4.78 is 5.35. The highest BCUT2D eigenvalue weighted by Crippen LogP contribution is 2.36. The van der Waals surface area contributed by atoms with Crippen LogP contribution < -0.4 is 10.1 Å². The average Bonchev–Trinajstić information content (AvgIpc) is 2.58. The maximum Gasteiger partial charge on any atom is 0.312 e. The van der Waals surface area contributed by atoms with Crippen LogP contribution in [0, 0.1) is 28.4 Å². The summed E-state index contributed by atoms with van der Waals surface area (Å²) in [6.07, 6.45) is 1.28. The molecule has 2 aromatic rings. The number of halogens is 1. The van der Waals surface area contributed by atoms with Crippen molar-refractivity contribution in [3.63, 3.8) is 0 Å². The minimum absolute atomic E-state index is 0.0647. The molecule has 0 unspecified atom stereocenters. The molecule has 0 aliphatic heterocycles. The number of benzene rings is 2. The van der Waals surface area contributed by atoms with Gasteiger partial charge in [0, 0.05) is 11.8 Å². The third kappa shape index (κ3) is 4.46. The van der Waals surface area contributed by atoms with E-state index in [1.165, 1.54) is 25.3 Å². The highest BCUT2D eigenvalue weighted by Gasteiger charge is 2.20. The van der Waals surface area contributed by atoms with E-state index < -0.39 is 10.8 Å². The monoisotopic (exact) mass is 415 g/mol. The van der Waals surface area contributed by atoms with Gasteiger partial charge in [0.25, 0.3) is 5.91 Å². The van der Waals surface area contributed by atoms with Crippen molar-refractivity contribution in [1.29, 1.82) is 5.26 Å². The molecule has 0 spiro atoms. The Labute approximate surface area is 158 Å². The smallest absolute Gasteiger partial charge is 0.312 e. The molecule has 26 heavy (non-hydrogen) atoms. The van der Waals surface area contributed by atoms with E-state index in [0.717, 1.165) is 5.56 Å². The van der Waals surface area contributed by atoms with Crippen molar-refractivity contribution in [3.05, 3.63) is 67.7 Å². The van der Waals surface area contributed by atoms with Crippen LogP contribution in [0.15, 0.2) is 46.4 Å². The van der Waals surface area contributed by atoms with E-state index in [9.17, 15) is 20.2 Å². The van der Waals surface area contributed by atoms with Crippen molar-refractivity contribution in [3.8, 4) is 11.8 Å². The summed E-state index contributed by atoms with van der Waals surface area (Å²) >= 11 is 3.19. The predicted octanol–water partition coefficient (Wildman–Crippen LogP) is 4.22. The number of nitrogens with one attached hydrogen (secondary N) is 1. The Morgan fingerprint density at radius 3 is 2.69 bits per heavy atom. The van der Waals surface area contributed by atoms with Gasteiger partial charge < -0.3 is 10.1 Å². The van der Waals surface area contributed by atoms with E-state index in [-0.39, 0.29) is 17.0 Å². The minimum atomic E-state index is -0.604. The van der Waals surface area contributed by atoms with E-state index >= 15 is 0 Å². The number of hydrogen-bond donors (Lipinski definition) is 1. The first-order valence-electron chi connectivity index (χ1n) is 7.37. The summed E-state index contributed by atoms with van der Waals surface area (Å²) in [6.45, 7) is 1.88. The molecule has 132 valence electrons. The van der Waals surface area contributed by atoms with Crippen LogP contribution in [-0.2, 0) is 4.79 Å². The number of nitriles is 1. The van der Waals surface area contributed by atoms with Gasteiger partial charge in [-0.1, -0.05) is 12.1 Å². The van der Waals surface area contributed by atoms with E-state index in [1.807, 2.05) is 19.1 Å². The molecule has 8 heteroatoms. The highest BCUT2D eigenvalue weighted by molar-refractivity contribution is 9.10. The molecular formula is C18H14BrN3O4. The first-order chi connectivity index (χ1) is 12.3. The van der Waals surface area contributed by atoms with Gasteiger partial charge in [0.1, 0.15) is 11.6 Å². The number of carbonyl (C=O) groups excluding carboxylic acids is 1. The summed E-state index contributed by atoms with van der Waals surface area (Å²) in [6, 6.07) is 11.7. The number of rotatable bonds is 5. The molecule has 0 radical (unpaired) electrons. The molecule has 1 N–H and O–H groups in total. The first kappa shape index (κ1) is 19.1. The highest BCUT2D eigenvalue weighted by atomic mass is 79.9. The van der Waals surface area contributed by atoms with Crippen LogP contribution in [0.5, 0.6) is 5.75 Å². The van der Waals surface area contributed by atoms with E-state index in [2.05, 4.69) is 21.2 Å². The quantitative estimate of drug-likeness (QED) is 0.340. The van der Waals surface area contributed by atoms with Crippen LogP contribution in [0.3, 0.4) is 0 Å². The Bertz CT molecular complexity index is 948. The number of hydrogen-bond acceptors (Lipinski definition) is 5. The van der Waals surface area contributed by atoms with Crippen LogP contribution >= 0.6 is 15.9 Å². The average molecular weight is 416 g/mol. The summed E-state index contributed by atoms with van der Waals surface area (Å²) in [7, 11) is 1.32. The van der Waals surface area contributed by atoms with Crippen molar-refractivity contribution >= 4 is 39.3 Å². The second-order valence-electron chi connectivity index (χ2n) is 5.31. The fourth-order valence-electron chi connectivity index (χ4n) is 2.26. The van der Waals surface area contributed by atoms with Crippen LogP contribution in [0.25, 0.3) is 6.08 Å². The molecule has 1 amide bonds. The number of amides is 1. The third-order valence-electron chi connectivity index (χ3n) is 3.40. The maximum absolute atomic E-state index is 12.3. The first-order valence-corrected chi connectivity index (χ1v) is 8.16. The van der Waals surface area contributed by atoms with Gasteiger partial charge in [0.15, 0.2) is 0 Å². The summed E-state index contributed by atoms with van der Waals surface area (Å²) in [5.41, 5.74) is 1.38. The van der Waals surface area contributed by atoms with Crippen molar-refractivity contribution in [1.82, 2.24) is 0 Å². The lowest BCUT2D eigenvalue weighted by atomic mass is 10.1. The molecule has 0 saturated carbocycles. The molecule has 0 saturated heterocycles. The second-order valence-corrected chi connectivity index (χ2v) is 6.16. The fourth-order valence-corrected chi connectivity index (χ4v) is 2.89. The van der Waals surface area contributed by atoms with Gasteiger partial charge in [-0.3, -0.25) is 14.9 Å². The molecule has 0 aliphatic rings. The maximum atomic E-state index is 12.3. The van der Waals surface area contributed by atoms with Gasteiger partial charge in [-0.25, -0.2) is 0 Å². The summed E-state index contributed by atoms with van der Waals surface area (Å²) in [5, 5.41) is 23.1. The van der Waals surface area contributed by atoms with Crippen molar-refractivity contribution in [2.24, 2.45) is 0 Å². The Morgan fingerprint density at radius 1 is 1.38 bits per heavy atom.